The third-order valence-corrected chi connectivity index (χ3v) is 4.17. The highest BCUT2D eigenvalue weighted by molar-refractivity contribution is 6.30. The topological polar surface area (TPSA) is 38.7 Å². The van der Waals surface area contributed by atoms with Crippen molar-refractivity contribution in [1.29, 1.82) is 0 Å². The summed E-state index contributed by atoms with van der Waals surface area (Å²) in [6.07, 6.45) is -0.822. The molecule has 1 unspecified atom stereocenters. The Morgan fingerprint density at radius 3 is 2.36 bits per heavy atom. The lowest BCUT2D eigenvalue weighted by Gasteiger charge is -2.16. The summed E-state index contributed by atoms with van der Waals surface area (Å²) in [5.41, 5.74) is 2.48. The van der Waals surface area contributed by atoms with Gasteiger partial charge in [0.1, 0.15) is 24.2 Å². The SMILES string of the molecule is COc1ccc(Cl)cc1C(O)c1ccc(OCc2ccccc2)cc1. The molecule has 0 amide bonds. The predicted molar refractivity (Wildman–Crippen MR) is 99.3 cm³/mol. The van der Waals surface area contributed by atoms with Gasteiger partial charge in [-0.25, -0.2) is 0 Å². The average molecular weight is 355 g/mol. The van der Waals surface area contributed by atoms with E-state index in [1.165, 1.54) is 0 Å². The van der Waals surface area contributed by atoms with Gasteiger partial charge < -0.3 is 14.6 Å². The molecule has 0 saturated carbocycles. The molecule has 0 fully saturated rings. The number of ether oxygens (including phenoxy) is 2. The van der Waals surface area contributed by atoms with E-state index in [2.05, 4.69) is 0 Å². The quantitative estimate of drug-likeness (QED) is 0.676. The van der Waals surface area contributed by atoms with Gasteiger partial charge in [0.15, 0.2) is 0 Å². The third kappa shape index (κ3) is 4.32. The number of aliphatic hydroxyl groups is 1. The molecule has 0 aliphatic heterocycles. The highest BCUT2D eigenvalue weighted by Crippen LogP contribution is 2.32. The number of hydrogen-bond acceptors (Lipinski definition) is 3. The van der Waals surface area contributed by atoms with Gasteiger partial charge in [-0.3, -0.25) is 0 Å². The fourth-order valence-electron chi connectivity index (χ4n) is 2.59. The van der Waals surface area contributed by atoms with Gasteiger partial charge in [0, 0.05) is 10.6 Å². The van der Waals surface area contributed by atoms with E-state index in [0.717, 1.165) is 16.9 Å². The van der Waals surface area contributed by atoms with E-state index in [0.29, 0.717) is 22.9 Å². The Morgan fingerprint density at radius 2 is 1.68 bits per heavy atom. The summed E-state index contributed by atoms with van der Waals surface area (Å²) < 4.78 is 11.1. The molecule has 0 bridgehead atoms. The van der Waals surface area contributed by atoms with Crippen LogP contribution < -0.4 is 9.47 Å². The molecular weight excluding hydrogens is 336 g/mol. The second kappa shape index (κ2) is 8.06. The summed E-state index contributed by atoms with van der Waals surface area (Å²) >= 11 is 6.04. The van der Waals surface area contributed by atoms with Gasteiger partial charge in [0.2, 0.25) is 0 Å². The standard InChI is InChI=1S/C21H19ClO3/c1-24-20-12-9-17(22)13-19(20)21(23)16-7-10-18(11-8-16)25-14-15-5-3-2-4-6-15/h2-13,21,23H,14H2,1H3. The van der Waals surface area contributed by atoms with Gasteiger partial charge in [0.25, 0.3) is 0 Å². The summed E-state index contributed by atoms with van der Waals surface area (Å²) in [5.74, 6) is 1.35. The number of aliphatic hydroxyl groups excluding tert-OH is 1. The van der Waals surface area contributed by atoms with E-state index < -0.39 is 6.10 Å². The van der Waals surface area contributed by atoms with Crippen LogP contribution in [0, 0.1) is 0 Å². The molecule has 3 aromatic carbocycles. The van der Waals surface area contributed by atoms with Crippen molar-refractivity contribution < 1.29 is 14.6 Å². The molecule has 3 nitrogen and oxygen atoms in total. The summed E-state index contributed by atoms with van der Waals surface area (Å²) in [6, 6.07) is 22.5. The van der Waals surface area contributed by atoms with Crippen LogP contribution in [0.2, 0.25) is 5.02 Å². The molecule has 0 saturated heterocycles. The highest BCUT2D eigenvalue weighted by atomic mass is 35.5. The summed E-state index contributed by atoms with van der Waals surface area (Å²) in [4.78, 5) is 0. The average Bonchev–Trinajstić information content (AvgIpc) is 2.67. The fraction of sp³-hybridized carbons (Fsp3) is 0.143. The lowest BCUT2D eigenvalue weighted by molar-refractivity contribution is 0.214. The van der Waals surface area contributed by atoms with Crippen LogP contribution in [0.3, 0.4) is 0 Å². The molecule has 25 heavy (non-hydrogen) atoms. The van der Waals surface area contributed by atoms with Crippen molar-refractivity contribution in [3.8, 4) is 11.5 Å². The largest absolute Gasteiger partial charge is 0.496 e. The van der Waals surface area contributed by atoms with Gasteiger partial charge in [-0.05, 0) is 41.5 Å². The number of benzene rings is 3. The van der Waals surface area contributed by atoms with Crippen LogP contribution in [-0.4, -0.2) is 12.2 Å². The Kier molecular flexibility index (Phi) is 5.59. The van der Waals surface area contributed by atoms with Gasteiger partial charge in [-0.1, -0.05) is 54.1 Å². The van der Waals surface area contributed by atoms with Crippen LogP contribution >= 0.6 is 11.6 Å². The Hall–Kier alpha value is -2.49. The first kappa shape index (κ1) is 17.3. The maximum Gasteiger partial charge on any atom is 0.125 e. The second-order valence-electron chi connectivity index (χ2n) is 5.63. The molecule has 3 rings (SSSR count). The molecule has 3 aromatic rings. The zero-order valence-electron chi connectivity index (χ0n) is 13.9. The van der Waals surface area contributed by atoms with Crippen molar-refractivity contribution in [3.63, 3.8) is 0 Å². The molecule has 0 aromatic heterocycles. The van der Waals surface area contributed by atoms with Crippen LogP contribution in [-0.2, 0) is 6.61 Å². The number of rotatable bonds is 6. The zero-order chi connectivity index (χ0) is 17.6. The Morgan fingerprint density at radius 1 is 0.960 bits per heavy atom. The first-order valence-corrected chi connectivity index (χ1v) is 8.33. The molecule has 1 N–H and O–H groups in total. The van der Waals surface area contributed by atoms with E-state index in [-0.39, 0.29) is 0 Å². The smallest absolute Gasteiger partial charge is 0.125 e. The lowest BCUT2D eigenvalue weighted by Crippen LogP contribution is -2.03. The summed E-state index contributed by atoms with van der Waals surface area (Å²) in [5, 5.41) is 11.2. The van der Waals surface area contributed by atoms with E-state index >= 15 is 0 Å². The zero-order valence-corrected chi connectivity index (χ0v) is 14.6. The first-order chi connectivity index (χ1) is 12.2. The van der Waals surface area contributed by atoms with Gasteiger partial charge in [0.05, 0.1) is 7.11 Å². The van der Waals surface area contributed by atoms with Crippen LogP contribution in [0.1, 0.15) is 22.8 Å². The van der Waals surface area contributed by atoms with Crippen molar-refractivity contribution in [2.24, 2.45) is 0 Å². The van der Waals surface area contributed by atoms with Crippen LogP contribution in [0.15, 0.2) is 72.8 Å². The van der Waals surface area contributed by atoms with Crippen LogP contribution in [0.25, 0.3) is 0 Å². The van der Waals surface area contributed by atoms with Gasteiger partial charge in [-0.2, -0.15) is 0 Å². The lowest BCUT2D eigenvalue weighted by atomic mass is 10.0. The van der Waals surface area contributed by atoms with E-state index in [1.807, 2.05) is 54.6 Å². The summed E-state index contributed by atoms with van der Waals surface area (Å²) in [6.45, 7) is 0.505. The third-order valence-electron chi connectivity index (χ3n) is 3.93. The van der Waals surface area contributed by atoms with Gasteiger partial charge >= 0.3 is 0 Å². The molecule has 1 atom stereocenters. The monoisotopic (exact) mass is 354 g/mol. The normalized spacial score (nSPS) is 11.8. The molecule has 0 aliphatic rings. The molecule has 0 heterocycles. The van der Waals surface area contributed by atoms with E-state index in [1.54, 1.807) is 25.3 Å². The Balaban J connectivity index is 1.72. The van der Waals surface area contributed by atoms with E-state index in [9.17, 15) is 5.11 Å². The second-order valence-corrected chi connectivity index (χ2v) is 6.07. The number of hydrogen-bond donors (Lipinski definition) is 1. The van der Waals surface area contributed by atoms with Crippen molar-refractivity contribution in [1.82, 2.24) is 0 Å². The number of halogens is 1. The van der Waals surface area contributed by atoms with Crippen molar-refractivity contribution in [3.05, 3.63) is 94.5 Å². The molecule has 0 aliphatic carbocycles. The minimum Gasteiger partial charge on any atom is -0.496 e. The predicted octanol–water partition coefficient (Wildman–Crippen LogP) is 5.01. The molecule has 128 valence electrons. The summed E-state index contributed by atoms with van der Waals surface area (Å²) in [7, 11) is 1.57. The van der Waals surface area contributed by atoms with E-state index in [4.69, 9.17) is 21.1 Å². The van der Waals surface area contributed by atoms with Crippen molar-refractivity contribution in [2.45, 2.75) is 12.7 Å². The van der Waals surface area contributed by atoms with Crippen LogP contribution in [0.4, 0.5) is 0 Å². The fourth-order valence-corrected chi connectivity index (χ4v) is 2.77. The molecule has 4 heteroatoms. The minimum atomic E-state index is -0.822. The first-order valence-electron chi connectivity index (χ1n) is 7.95. The Bertz CT molecular complexity index is 816. The molecule has 0 spiro atoms. The molecule has 0 radical (unpaired) electrons. The maximum atomic E-state index is 10.6. The van der Waals surface area contributed by atoms with Crippen molar-refractivity contribution in [2.75, 3.05) is 7.11 Å². The van der Waals surface area contributed by atoms with Gasteiger partial charge in [-0.15, -0.1) is 0 Å². The maximum absolute atomic E-state index is 10.6. The van der Waals surface area contributed by atoms with Crippen LogP contribution in [0.5, 0.6) is 11.5 Å². The number of methoxy groups -OCH3 is 1. The highest BCUT2D eigenvalue weighted by Gasteiger charge is 2.16. The van der Waals surface area contributed by atoms with Crippen molar-refractivity contribution >= 4 is 11.6 Å². The Labute approximate surface area is 152 Å². The minimum absolute atomic E-state index is 0.505. The molecular formula is C21H19ClO3.